The summed E-state index contributed by atoms with van der Waals surface area (Å²) < 4.78 is 5.16. The molecule has 0 bridgehead atoms. The number of ether oxygens (including phenoxy) is 1. The number of carbonyl (C=O) groups excluding carboxylic acids is 3. The number of esters is 1. The van der Waals surface area contributed by atoms with E-state index in [1.807, 2.05) is 25.1 Å². The Labute approximate surface area is 142 Å². The van der Waals surface area contributed by atoms with Crippen molar-refractivity contribution in [3.8, 4) is 0 Å². The summed E-state index contributed by atoms with van der Waals surface area (Å²) in [5, 5.41) is 2.71. The number of nitrogens with one attached hydrogen (secondary N) is 1. The maximum Gasteiger partial charge on any atom is 0.326 e. The van der Waals surface area contributed by atoms with Crippen LogP contribution < -0.4 is 5.32 Å². The van der Waals surface area contributed by atoms with E-state index in [0.717, 1.165) is 24.8 Å². The van der Waals surface area contributed by atoms with Crippen LogP contribution in [0.25, 0.3) is 0 Å². The van der Waals surface area contributed by atoms with Gasteiger partial charge in [0.1, 0.15) is 6.54 Å². The second-order valence-electron chi connectivity index (χ2n) is 6.12. The lowest BCUT2D eigenvalue weighted by molar-refractivity contribution is -0.156. The topological polar surface area (TPSA) is 75.7 Å². The molecule has 1 aliphatic heterocycles. The molecular weight excluding hydrogens is 308 g/mol. The van der Waals surface area contributed by atoms with Crippen molar-refractivity contribution in [3.63, 3.8) is 0 Å². The van der Waals surface area contributed by atoms with Gasteiger partial charge in [-0.05, 0) is 44.4 Å². The maximum absolute atomic E-state index is 12.1. The summed E-state index contributed by atoms with van der Waals surface area (Å²) in [4.78, 5) is 37.5. The number of rotatable bonds is 5. The Hall–Kier alpha value is -2.37. The van der Waals surface area contributed by atoms with Gasteiger partial charge in [-0.3, -0.25) is 14.4 Å². The molecule has 6 heteroatoms. The minimum Gasteiger partial charge on any atom is -0.451 e. The normalized spacial score (nSPS) is 16.2. The number of anilines is 1. The third kappa shape index (κ3) is 5.37. The van der Waals surface area contributed by atoms with Crippen LogP contribution in [0.2, 0.25) is 0 Å². The van der Waals surface area contributed by atoms with Crippen LogP contribution in [-0.4, -0.2) is 41.9 Å². The average molecular weight is 332 g/mol. The van der Waals surface area contributed by atoms with E-state index >= 15 is 0 Å². The molecule has 1 atom stereocenters. The van der Waals surface area contributed by atoms with Gasteiger partial charge in [0.2, 0.25) is 5.91 Å². The van der Waals surface area contributed by atoms with Gasteiger partial charge in [0.15, 0.2) is 6.10 Å². The first-order valence-electron chi connectivity index (χ1n) is 8.30. The minimum absolute atomic E-state index is 0.0266. The molecule has 0 aromatic heterocycles. The van der Waals surface area contributed by atoms with Crippen LogP contribution in [0.3, 0.4) is 0 Å². The number of amides is 2. The van der Waals surface area contributed by atoms with Crippen LogP contribution in [0, 0.1) is 6.92 Å². The van der Waals surface area contributed by atoms with Crippen LogP contribution in [0.5, 0.6) is 0 Å². The van der Waals surface area contributed by atoms with Crippen LogP contribution in [0.4, 0.5) is 5.69 Å². The molecule has 1 aromatic rings. The van der Waals surface area contributed by atoms with E-state index in [1.165, 1.54) is 11.8 Å². The molecule has 1 heterocycles. The predicted molar refractivity (Wildman–Crippen MR) is 90.4 cm³/mol. The zero-order valence-electron chi connectivity index (χ0n) is 14.2. The zero-order chi connectivity index (χ0) is 17.5. The van der Waals surface area contributed by atoms with Crippen molar-refractivity contribution >= 4 is 23.5 Å². The number of hydrogen-bond acceptors (Lipinski definition) is 4. The van der Waals surface area contributed by atoms with E-state index in [2.05, 4.69) is 5.32 Å². The van der Waals surface area contributed by atoms with Crippen LogP contribution in [0.1, 0.15) is 38.2 Å². The number of likely N-dealkylation sites (tertiary alicyclic amines) is 1. The Morgan fingerprint density at radius 2 is 2.08 bits per heavy atom. The lowest BCUT2D eigenvalue weighted by Gasteiger charge is -2.20. The van der Waals surface area contributed by atoms with Crippen LogP contribution in [-0.2, 0) is 19.1 Å². The molecular formula is C18H24N2O4. The van der Waals surface area contributed by atoms with Crippen molar-refractivity contribution in [2.45, 2.75) is 45.6 Å². The van der Waals surface area contributed by atoms with Gasteiger partial charge in [0.25, 0.3) is 5.91 Å². The highest BCUT2D eigenvalue weighted by Crippen LogP contribution is 2.12. The van der Waals surface area contributed by atoms with Gasteiger partial charge in [0.05, 0.1) is 0 Å². The average Bonchev–Trinajstić information content (AvgIpc) is 2.72. The SMILES string of the molecule is Cc1cccc(NC(=O)C(C)OC(=O)CN2CCCCCC2=O)c1. The third-order valence-electron chi connectivity index (χ3n) is 3.95. The van der Waals surface area contributed by atoms with E-state index < -0.39 is 18.0 Å². The molecule has 2 rings (SSSR count). The van der Waals surface area contributed by atoms with E-state index in [1.54, 1.807) is 6.07 Å². The number of nitrogens with zero attached hydrogens (tertiary/aromatic N) is 1. The fraction of sp³-hybridized carbons (Fsp3) is 0.500. The lowest BCUT2D eigenvalue weighted by Crippen LogP contribution is -2.38. The van der Waals surface area contributed by atoms with Gasteiger partial charge >= 0.3 is 5.97 Å². The van der Waals surface area contributed by atoms with Crippen molar-refractivity contribution in [3.05, 3.63) is 29.8 Å². The Bertz CT molecular complexity index is 615. The smallest absolute Gasteiger partial charge is 0.326 e. The number of aryl methyl sites for hydroxylation is 1. The zero-order valence-corrected chi connectivity index (χ0v) is 14.2. The molecule has 0 saturated carbocycles. The fourth-order valence-corrected chi connectivity index (χ4v) is 2.62. The van der Waals surface area contributed by atoms with E-state index in [4.69, 9.17) is 4.74 Å². The van der Waals surface area contributed by atoms with Crippen molar-refractivity contribution < 1.29 is 19.1 Å². The summed E-state index contributed by atoms with van der Waals surface area (Å²) in [6.07, 6.45) is 2.30. The lowest BCUT2D eigenvalue weighted by atomic mass is 10.2. The molecule has 1 saturated heterocycles. The van der Waals surface area contributed by atoms with Crippen molar-refractivity contribution in [1.29, 1.82) is 0 Å². The van der Waals surface area contributed by atoms with E-state index in [-0.39, 0.29) is 12.5 Å². The number of carbonyl (C=O) groups is 3. The van der Waals surface area contributed by atoms with Crippen LogP contribution in [0.15, 0.2) is 24.3 Å². The summed E-state index contributed by atoms with van der Waals surface area (Å²) in [5.74, 6) is -0.977. The van der Waals surface area contributed by atoms with Gasteiger partial charge in [0, 0.05) is 18.7 Å². The highest BCUT2D eigenvalue weighted by Gasteiger charge is 2.23. The second-order valence-corrected chi connectivity index (χ2v) is 6.12. The Morgan fingerprint density at radius 1 is 1.29 bits per heavy atom. The molecule has 130 valence electrons. The minimum atomic E-state index is -0.917. The van der Waals surface area contributed by atoms with Crippen LogP contribution >= 0.6 is 0 Å². The molecule has 0 spiro atoms. The molecule has 1 aliphatic rings. The molecule has 6 nitrogen and oxygen atoms in total. The van der Waals surface area contributed by atoms with Gasteiger partial charge in [-0.15, -0.1) is 0 Å². The Kier molecular flexibility index (Phi) is 6.35. The first kappa shape index (κ1) is 18.0. The van der Waals surface area contributed by atoms with E-state index in [0.29, 0.717) is 18.7 Å². The largest absolute Gasteiger partial charge is 0.451 e. The van der Waals surface area contributed by atoms with Crippen molar-refractivity contribution in [1.82, 2.24) is 4.90 Å². The number of hydrogen-bond donors (Lipinski definition) is 1. The monoisotopic (exact) mass is 332 g/mol. The molecule has 2 amide bonds. The molecule has 1 unspecified atom stereocenters. The van der Waals surface area contributed by atoms with Gasteiger partial charge in [-0.1, -0.05) is 18.6 Å². The molecule has 0 radical (unpaired) electrons. The highest BCUT2D eigenvalue weighted by molar-refractivity contribution is 5.95. The summed E-state index contributed by atoms with van der Waals surface area (Å²) in [6, 6.07) is 7.38. The predicted octanol–water partition coefficient (Wildman–Crippen LogP) is 2.27. The molecule has 1 fully saturated rings. The molecule has 1 aromatic carbocycles. The first-order valence-corrected chi connectivity index (χ1v) is 8.30. The fourth-order valence-electron chi connectivity index (χ4n) is 2.62. The molecule has 24 heavy (non-hydrogen) atoms. The molecule has 1 N–H and O–H groups in total. The third-order valence-corrected chi connectivity index (χ3v) is 3.95. The van der Waals surface area contributed by atoms with Crippen molar-refractivity contribution in [2.24, 2.45) is 0 Å². The van der Waals surface area contributed by atoms with Gasteiger partial charge < -0.3 is 15.0 Å². The van der Waals surface area contributed by atoms with E-state index in [9.17, 15) is 14.4 Å². The highest BCUT2D eigenvalue weighted by atomic mass is 16.5. The Morgan fingerprint density at radius 3 is 2.83 bits per heavy atom. The first-order chi connectivity index (χ1) is 11.5. The second kappa shape index (κ2) is 8.47. The summed E-state index contributed by atoms with van der Waals surface area (Å²) in [6.45, 7) is 3.92. The maximum atomic E-state index is 12.1. The summed E-state index contributed by atoms with van der Waals surface area (Å²) >= 11 is 0. The van der Waals surface area contributed by atoms with Gasteiger partial charge in [-0.2, -0.15) is 0 Å². The molecule has 0 aliphatic carbocycles. The summed E-state index contributed by atoms with van der Waals surface area (Å²) in [5.41, 5.74) is 1.68. The quantitative estimate of drug-likeness (QED) is 0.839. The Balaban J connectivity index is 1.84. The number of benzene rings is 1. The van der Waals surface area contributed by atoms with Gasteiger partial charge in [-0.25, -0.2) is 0 Å². The standard InChI is InChI=1S/C18H24N2O4/c1-13-7-6-8-15(11-13)19-18(23)14(2)24-17(22)12-20-10-5-3-4-9-16(20)21/h6-8,11,14H,3-5,9-10,12H2,1-2H3,(H,19,23). The van der Waals surface area contributed by atoms with Crippen molar-refractivity contribution in [2.75, 3.05) is 18.4 Å². The summed E-state index contributed by atoms with van der Waals surface area (Å²) in [7, 11) is 0.